The highest BCUT2D eigenvalue weighted by atomic mass is 35.5. The van der Waals surface area contributed by atoms with Gasteiger partial charge in [-0.1, -0.05) is 23.2 Å². The molecule has 0 saturated carbocycles. The molecule has 0 spiro atoms. The molecule has 0 aliphatic carbocycles. The van der Waals surface area contributed by atoms with Crippen LogP contribution in [0, 0.1) is 0 Å². The summed E-state index contributed by atoms with van der Waals surface area (Å²) in [6, 6.07) is 1.64. The molecule has 0 fully saturated rings. The minimum absolute atomic E-state index is 0.484. The molecule has 0 aliphatic rings. The number of imidazole rings is 1. The summed E-state index contributed by atoms with van der Waals surface area (Å²) < 4.78 is 0. The van der Waals surface area contributed by atoms with E-state index in [1.54, 1.807) is 18.5 Å². The van der Waals surface area contributed by atoms with Gasteiger partial charge in [0.05, 0.1) is 16.2 Å². The van der Waals surface area contributed by atoms with Gasteiger partial charge in [0.25, 0.3) is 0 Å². The van der Waals surface area contributed by atoms with E-state index >= 15 is 0 Å². The van der Waals surface area contributed by atoms with Crippen LogP contribution in [-0.4, -0.2) is 22.0 Å². The summed E-state index contributed by atoms with van der Waals surface area (Å²) in [6.45, 7) is 0.720. The molecule has 2 N–H and O–H groups in total. The summed E-state index contributed by atoms with van der Waals surface area (Å²) in [5, 5.41) is 4.02. The van der Waals surface area contributed by atoms with Crippen molar-refractivity contribution in [1.82, 2.24) is 20.3 Å². The van der Waals surface area contributed by atoms with Gasteiger partial charge in [-0.2, -0.15) is 0 Å². The Morgan fingerprint density at radius 3 is 2.81 bits per heavy atom. The van der Waals surface area contributed by atoms with Crippen LogP contribution in [0.4, 0.5) is 0 Å². The molecular formula is C10H10Cl2N4. The largest absolute Gasteiger partial charge is 0.339 e. The molecule has 2 heterocycles. The summed E-state index contributed by atoms with van der Waals surface area (Å²) in [5.41, 5.74) is 1.58. The number of aromatic nitrogens is 3. The Hall–Kier alpha value is -1.10. The van der Waals surface area contributed by atoms with E-state index in [-0.39, 0.29) is 0 Å². The molecule has 2 aromatic rings. The maximum Gasteiger partial charge on any atom is 0.157 e. The van der Waals surface area contributed by atoms with Crippen LogP contribution in [0.5, 0.6) is 0 Å². The standard InChI is InChI=1S/C10H10Cl2N4/c1-13-4-7-5-15-10(16-7)9-8(12)2-6(11)3-14-9/h2-3,5,13H,4H2,1H3,(H,15,16). The molecular weight excluding hydrogens is 247 g/mol. The molecule has 0 unspecified atom stereocenters. The first-order valence-corrected chi connectivity index (χ1v) is 5.46. The summed E-state index contributed by atoms with van der Waals surface area (Å²) in [6.07, 6.45) is 3.29. The Labute approximate surface area is 103 Å². The van der Waals surface area contributed by atoms with E-state index in [1.807, 2.05) is 7.05 Å². The summed E-state index contributed by atoms with van der Waals surface area (Å²) in [5.74, 6) is 0.645. The lowest BCUT2D eigenvalue weighted by atomic mass is 10.3. The van der Waals surface area contributed by atoms with Gasteiger partial charge < -0.3 is 10.3 Å². The second-order valence-electron chi connectivity index (χ2n) is 3.27. The van der Waals surface area contributed by atoms with Crippen molar-refractivity contribution in [1.29, 1.82) is 0 Å². The highest BCUT2D eigenvalue weighted by Crippen LogP contribution is 2.25. The van der Waals surface area contributed by atoms with E-state index in [0.29, 0.717) is 21.6 Å². The molecule has 0 bridgehead atoms. The quantitative estimate of drug-likeness (QED) is 0.888. The second kappa shape index (κ2) is 4.82. The maximum atomic E-state index is 6.03. The normalized spacial score (nSPS) is 10.7. The van der Waals surface area contributed by atoms with Crippen LogP contribution in [0.25, 0.3) is 11.5 Å². The van der Waals surface area contributed by atoms with Gasteiger partial charge in [0.15, 0.2) is 5.82 Å². The molecule has 4 nitrogen and oxygen atoms in total. The first-order chi connectivity index (χ1) is 7.70. The molecule has 0 amide bonds. The van der Waals surface area contributed by atoms with Gasteiger partial charge in [-0.3, -0.25) is 0 Å². The van der Waals surface area contributed by atoms with Gasteiger partial charge in [0.2, 0.25) is 0 Å². The zero-order valence-corrected chi connectivity index (χ0v) is 10.1. The average Bonchev–Trinajstić information content (AvgIpc) is 2.67. The van der Waals surface area contributed by atoms with Crippen molar-refractivity contribution >= 4 is 23.2 Å². The number of aromatic amines is 1. The Kier molecular flexibility index (Phi) is 3.43. The van der Waals surface area contributed by atoms with Gasteiger partial charge >= 0.3 is 0 Å². The minimum atomic E-state index is 0.484. The molecule has 0 aliphatic heterocycles. The Morgan fingerprint density at radius 2 is 2.12 bits per heavy atom. The molecule has 0 saturated heterocycles. The molecule has 0 atom stereocenters. The highest BCUT2D eigenvalue weighted by Gasteiger charge is 2.09. The van der Waals surface area contributed by atoms with Gasteiger partial charge in [-0.25, -0.2) is 9.97 Å². The van der Waals surface area contributed by atoms with Crippen LogP contribution in [0.15, 0.2) is 18.5 Å². The van der Waals surface area contributed by atoms with E-state index in [2.05, 4.69) is 20.3 Å². The van der Waals surface area contributed by atoms with Crippen LogP contribution in [0.3, 0.4) is 0 Å². The van der Waals surface area contributed by atoms with Crippen LogP contribution >= 0.6 is 23.2 Å². The third-order valence-corrected chi connectivity index (χ3v) is 2.52. The van der Waals surface area contributed by atoms with Gasteiger partial charge in [-0.05, 0) is 13.1 Å². The lowest BCUT2D eigenvalue weighted by Gasteiger charge is -2.00. The number of nitrogens with one attached hydrogen (secondary N) is 2. The zero-order chi connectivity index (χ0) is 11.5. The predicted molar refractivity (Wildman–Crippen MR) is 64.6 cm³/mol. The Morgan fingerprint density at radius 1 is 1.31 bits per heavy atom. The summed E-state index contributed by atoms with van der Waals surface area (Å²) >= 11 is 11.8. The van der Waals surface area contributed by atoms with E-state index in [1.165, 1.54) is 0 Å². The van der Waals surface area contributed by atoms with Crippen molar-refractivity contribution in [2.45, 2.75) is 6.54 Å². The third-order valence-electron chi connectivity index (χ3n) is 2.03. The number of nitrogens with zero attached hydrogens (tertiary/aromatic N) is 2. The number of H-pyrrole nitrogens is 1. The number of hydrogen-bond acceptors (Lipinski definition) is 3. The SMILES string of the molecule is CNCc1cnc(-c2ncc(Cl)cc2Cl)[nH]1. The van der Waals surface area contributed by atoms with E-state index in [9.17, 15) is 0 Å². The first kappa shape index (κ1) is 11.4. The van der Waals surface area contributed by atoms with Crippen molar-refractivity contribution in [3.05, 3.63) is 34.2 Å². The number of pyridine rings is 1. The predicted octanol–water partition coefficient (Wildman–Crippen LogP) is 2.50. The van der Waals surface area contributed by atoms with Crippen molar-refractivity contribution < 1.29 is 0 Å². The van der Waals surface area contributed by atoms with Gasteiger partial charge in [0.1, 0.15) is 5.69 Å². The van der Waals surface area contributed by atoms with Crippen molar-refractivity contribution in [2.24, 2.45) is 0 Å². The Bertz CT molecular complexity index is 495. The van der Waals surface area contributed by atoms with Crippen LogP contribution in [-0.2, 0) is 6.54 Å². The second-order valence-corrected chi connectivity index (χ2v) is 4.11. The van der Waals surface area contributed by atoms with E-state index in [0.717, 1.165) is 12.2 Å². The number of rotatable bonds is 3. The monoisotopic (exact) mass is 256 g/mol. The van der Waals surface area contributed by atoms with Crippen LogP contribution in [0.2, 0.25) is 10.0 Å². The minimum Gasteiger partial charge on any atom is -0.339 e. The Balaban J connectivity index is 2.35. The van der Waals surface area contributed by atoms with E-state index in [4.69, 9.17) is 23.2 Å². The molecule has 84 valence electrons. The fourth-order valence-electron chi connectivity index (χ4n) is 1.35. The first-order valence-electron chi connectivity index (χ1n) is 4.70. The molecule has 2 rings (SSSR count). The number of hydrogen-bond donors (Lipinski definition) is 2. The molecule has 0 aromatic carbocycles. The molecule has 2 aromatic heterocycles. The topological polar surface area (TPSA) is 53.6 Å². The molecule has 16 heavy (non-hydrogen) atoms. The van der Waals surface area contributed by atoms with Crippen molar-refractivity contribution in [3.8, 4) is 11.5 Å². The lowest BCUT2D eigenvalue weighted by Crippen LogP contribution is -2.04. The smallest absolute Gasteiger partial charge is 0.157 e. The number of halogens is 2. The maximum absolute atomic E-state index is 6.03. The van der Waals surface area contributed by atoms with Crippen molar-refractivity contribution in [2.75, 3.05) is 7.05 Å². The highest BCUT2D eigenvalue weighted by molar-refractivity contribution is 6.35. The van der Waals surface area contributed by atoms with Crippen LogP contribution in [0.1, 0.15) is 5.69 Å². The molecule has 6 heteroatoms. The summed E-state index contributed by atoms with van der Waals surface area (Å²) in [7, 11) is 1.87. The fraction of sp³-hybridized carbons (Fsp3) is 0.200. The molecule has 0 radical (unpaired) electrons. The third kappa shape index (κ3) is 2.35. The van der Waals surface area contributed by atoms with Gasteiger partial charge in [0, 0.05) is 18.4 Å². The van der Waals surface area contributed by atoms with Gasteiger partial charge in [-0.15, -0.1) is 0 Å². The van der Waals surface area contributed by atoms with Crippen LogP contribution < -0.4 is 5.32 Å². The summed E-state index contributed by atoms with van der Waals surface area (Å²) in [4.78, 5) is 11.5. The lowest BCUT2D eigenvalue weighted by molar-refractivity contribution is 0.797. The average molecular weight is 257 g/mol. The van der Waals surface area contributed by atoms with Crippen molar-refractivity contribution in [3.63, 3.8) is 0 Å². The fourth-order valence-corrected chi connectivity index (χ4v) is 1.82. The zero-order valence-electron chi connectivity index (χ0n) is 8.59. The van der Waals surface area contributed by atoms with E-state index < -0.39 is 0 Å².